The molecule has 0 unspecified atom stereocenters. The predicted molar refractivity (Wildman–Crippen MR) is 260 cm³/mol. The molecule has 0 atom stereocenters. The molecule has 7 aromatic rings. The lowest BCUT2D eigenvalue weighted by Crippen LogP contribution is -2.17. The van der Waals surface area contributed by atoms with Gasteiger partial charge in [-0.2, -0.15) is 0 Å². The van der Waals surface area contributed by atoms with E-state index in [1.54, 1.807) is 0 Å². The number of halogens is 1. The number of fused-ring (bicyclic) bond motifs is 1. The molecule has 0 fully saturated rings. The highest BCUT2D eigenvalue weighted by molar-refractivity contribution is 6.00. The first-order chi connectivity index (χ1) is 28.6. The van der Waals surface area contributed by atoms with Gasteiger partial charge < -0.3 is 5.11 Å². The normalized spacial score (nSPS) is 13.0. The molecule has 62 heavy (non-hydrogen) atoms. The van der Waals surface area contributed by atoms with Gasteiger partial charge >= 0.3 is 0 Å². The Morgan fingerprint density at radius 2 is 0.968 bits per heavy atom. The summed E-state index contributed by atoms with van der Waals surface area (Å²) in [7, 11) is 0. The van der Waals surface area contributed by atoms with Crippen LogP contribution in [0.3, 0.4) is 0 Å². The van der Waals surface area contributed by atoms with Crippen molar-refractivity contribution in [2.75, 3.05) is 0 Å². The second-order valence-corrected chi connectivity index (χ2v) is 22.7. The van der Waals surface area contributed by atoms with E-state index in [1.165, 1.54) is 46.0 Å². The Bertz CT molecular complexity index is 2780. The Labute approximate surface area is 370 Å². The number of hydrogen-bond acceptors (Lipinski definition) is 3. The zero-order chi connectivity index (χ0) is 45.5. The van der Waals surface area contributed by atoms with E-state index in [2.05, 4.69) is 188 Å². The van der Waals surface area contributed by atoms with Crippen LogP contribution in [0, 0.1) is 12.7 Å². The van der Waals surface area contributed by atoms with Crippen molar-refractivity contribution in [3.63, 3.8) is 0 Å². The molecule has 1 N–H and O–H groups in total. The zero-order valence-corrected chi connectivity index (χ0v) is 40.0. The Kier molecular flexibility index (Phi) is 11.0. The molecule has 2 aromatic heterocycles. The first kappa shape index (κ1) is 44.5. The van der Waals surface area contributed by atoms with Gasteiger partial charge in [0, 0.05) is 23.0 Å². The third kappa shape index (κ3) is 9.00. The van der Waals surface area contributed by atoms with Gasteiger partial charge in [-0.15, -0.1) is 0 Å². The van der Waals surface area contributed by atoms with Crippen molar-refractivity contribution in [1.29, 1.82) is 0 Å². The number of aromatic nitrogens is 3. The smallest absolute Gasteiger partial charge is 0.149 e. The molecule has 0 spiro atoms. The van der Waals surface area contributed by atoms with Crippen LogP contribution in [0.25, 0.3) is 61.6 Å². The van der Waals surface area contributed by atoms with Crippen LogP contribution in [0.1, 0.15) is 137 Å². The molecule has 4 nitrogen and oxygen atoms in total. The molecule has 2 heterocycles. The minimum Gasteiger partial charge on any atom is -0.507 e. The number of aromatic hydroxyl groups is 1. The van der Waals surface area contributed by atoms with E-state index in [9.17, 15) is 5.11 Å². The van der Waals surface area contributed by atoms with Crippen molar-refractivity contribution in [1.82, 2.24) is 14.5 Å². The van der Waals surface area contributed by atoms with Gasteiger partial charge in [0.25, 0.3) is 0 Å². The average molecular weight is 828 g/mol. The lowest BCUT2D eigenvalue weighted by molar-refractivity contribution is 0.474. The van der Waals surface area contributed by atoms with Gasteiger partial charge in [-0.1, -0.05) is 134 Å². The number of phenols is 1. The third-order valence-electron chi connectivity index (χ3n) is 12.2. The number of phenolic OH excluding ortho intramolecular Hbond substituents is 1. The highest BCUT2D eigenvalue weighted by Gasteiger charge is 2.28. The molecule has 5 heteroatoms. The summed E-state index contributed by atoms with van der Waals surface area (Å²) in [5.74, 6) is -0.0197. The standard InChI is InChI=1S/C57H66FN3O/c1-34-19-20-59-48(21-34)38-22-37(25-39(26-38)53(2,3)4)46-27-36(35-23-40(54(5,6)7)29-41(24-35)55(8,9)10)28-49-51(46)60-52(47-33-44(58)17-18-50(47)62)61(49)45-31-42(56(11,12)13)30-43(32-45)57(14,15)16/h17-33,62H,1-16H3. The van der Waals surface area contributed by atoms with E-state index in [0.717, 1.165) is 55.8 Å². The topological polar surface area (TPSA) is 50.9 Å². The van der Waals surface area contributed by atoms with E-state index in [4.69, 9.17) is 9.97 Å². The summed E-state index contributed by atoms with van der Waals surface area (Å²) in [5.41, 5.74) is 15.3. The Morgan fingerprint density at radius 3 is 1.50 bits per heavy atom. The molecule has 322 valence electrons. The summed E-state index contributed by atoms with van der Waals surface area (Å²) in [6, 6.07) is 33.4. The molecular formula is C57H66FN3O. The number of nitrogens with zero attached hydrogens (tertiary/aromatic N) is 3. The SMILES string of the molecule is Cc1ccnc(-c2cc(-c3cc(-c4cc(C(C)(C)C)cc(C(C)(C)C)c4)cc4c3nc(-c3cc(F)ccc3O)n4-c3cc(C(C)(C)C)cc(C(C)(C)C)c3)cc(C(C)(C)C)c2)c1. The second-order valence-electron chi connectivity index (χ2n) is 22.7. The Hall–Kier alpha value is -5.55. The first-order valence-electron chi connectivity index (χ1n) is 22.1. The van der Waals surface area contributed by atoms with Gasteiger partial charge in [-0.05, 0) is 151 Å². The van der Waals surface area contributed by atoms with Crippen LogP contribution in [0.5, 0.6) is 5.75 Å². The Morgan fingerprint density at radius 1 is 0.484 bits per heavy atom. The number of rotatable bonds is 5. The van der Waals surface area contributed by atoms with Crippen molar-refractivity contribution in [3.05, 3.63) is 142 Å². The summed E-state index contributed by atoms with van der Waals surface area (Å²) in [5, 5.41) is 11.6. The maximum atomic E-state index is 15.4. The van der Waals surface area contributed by atoms with Crippen LogP contribution >= 0.6 is 0 Å². The molecule has 0 aliphatic heterocycles. The fourth-order valence-electron chi connectivity index (χ4n) is 8.02. The monoisotopic (exact) mass is 828 g/mol. The molecule has 0 bridgehead atoms. The van der Waals surface area contributed by atoms with Gasteiger partial charge in [0.1, 0.15) is 17.4 Å². The van der Waals surface area contributed by atoms with Gasteiger partial charge in [-0.3, -0.25) is 9.55 Å². The molecule has 0 saturated carbocycles. The van der Waals surface area contributed by atoms with Crippen molar-refractivity contribution in [3.8, 4) is 56.3 Å². The molecule has 0 amide bonds. The van der Waals surface area contributed by atoms with Crippen LogP contribution in [0.4, 0.5) is 4.39 Å². The number of hydrogen-bond donors (Lipinski definition) is 1. The summed E-state index contributed by atoms with van der Waals surface area (Å²) >= 11 is 0. The van der Waals surface area contributed by atoms with Crippen LogP contribution in [-0.4, -0.2) is 19.6 Å². The van der Waals surface area contributed by atoms with Crippen molar-refractivity contribution >= 4 is 11.0 Å². The third-order valence-corrected chi connectivity index (χ3v) is 12.2. The lowest BCUT2D eigenvalue weighted by Gasteiger charge is -2.27. The van der Waals surface area contributed by atoms with Gasteiger partial charge in [-0.25, -0.2) is 9.37 Å². The van der Waals surface area contributed by atoms with Crippen LogP contribution in [0.15, 0.2) is 103 Å². The summed E-state index contributed by atoms with van der Waals surface area (Å²) < 4.78 is 17.5. The fraction of sp³-hybridized carbons (Fsp3) is 0.368. The molecule has 0 radical (unpaired) electrons. The molecule has 0 saturated heterocycles. The minimum absolute atomic E-state index is 0.0389. The lowest BCUT2D eigenvalue weighted by atomic mass is 9.78. The van der Waals surface area contributed by atoms with Crippen molar-refractivity contribution in [2.45, 2.75) is 138 Å². The van der Waals surface area contributed by atoms with Crippen LogP contribution < -0.4 is 0 Å². The summed E-state index contributed by atoms with van der Waals surface area (Å²) in [6.07, 6.45) is 1.87. The van der Waals surface area contributed by atoms with Crippen molar-refractivity contribution in [2.24, 2.45) is 0 Å². The van der Waals surface area contributed by atoms with E-state index < -0.39 is 5.82 Å². The van der Waals surface area contributed by atoms with Gasteiger partial charge in [0.15, 0.2) is 0 Å². The van der Waals surface area contributed by atoms with Crippen LogP contribution in [0.2, 0.25) is 0 Å². The molecular weight excluding hydrogens is 762 g/mol. The second kappa shape index (κ2) is 15.4. The number of aryl methyl sites for hydroxylation is 1. The maximum Gasteiger partial charge on any atom is 0.149 e. The Balaban J connectivity index is 1.71. The minimum atomic E-state index is -0.446. The molecule has 0 aliphatic rings. The van der Waals surface area contributed by atoms with E-state index >= 15 is 4.39 Å². The number of imidazole rings is 1. The highest BCUT2D eigenvalue weighted by atomic mass is 19.1. The summed E-state index contributed by atoms with van der Waals surface area (Å²) in [4.78, 5) is 10.3. The fourth-order valence-corrected chi connectivity index (χ4v) is 8.02. The zero-order valence-electron chi connectivity index (χ0n) is 40.0. The molecule has 7 rings (SSSR count). The van der Waals surface area contributed by atoms with E-state index in [0.29, 0.717) is 11.4 Å². The average Bonchev–Trinajstić information content (AvgIpc) is 3.55. The van der Waals surface area contributed by atoms with E-state index in [1.807, 2.05) is 12.3 Å². The van der Waals surface area contributed by atoms with Crippen LogP contribution in [-0.2, 0) is 27.1 Å². The number of pyridine rings is 1. The van der Waals surface area contributed by atoms with Gasteiger partial charge in [0.05, 0.1) is 22.3 Å². The first-order valence-corrected chi connectivity index (χ1v) is 22.1. The quantitative estimate of drug-likeness (QED) is 0.188. The van der Waals surface area contributed by atoms with E-state index in [-0.39, 0.29) is 32.8 Å². The molecule has 5 aromatic carbocycles. The van der Waals surface area contributed by atoms with Crippen molar-refractivity contribution < 1.29 is 9.50 Å². The summed E-state index contributed by atoms with van der Waals surface area (Å²) in [6.45, 7) is 35.9. The largest absolute Gasteiger partial charge is 0.507 e. The molecule has 0 aliphatic carbocycles. The van der Waals surface area contributed by atoms with Gasteiger partial charge in [0.2, 0.25) is 0 Å². The number of benzene rings is 5. The highest BCUT2D eigenvalue weighted by Crippen LogP contribution is 2.44. The predicted octanol–water partition coefficient (Wildman–Crippen LogP) is 15.7. The maximum absolute atomic E-state index is 15.4.